The zero-order valence-electron chi connectivity index (χ0n) is 9.21. The third-order valence-corrected chi connectivity index (χ3v) is 2.95. The van der Waals surface area contributed by atoms with Gasteiger partial charge in [0.05, 0.1) is 0 Å². The lowest BCUT2D eigenvalue weighted by Crippen LogP contribution is -2.09. The van der Waals surface area contributed by atoms with Gasteiger partial charge in [0.2, 0.25) is 5.13 Å². The Bertz CT molecular complexity index is 260. The molecule has 0 aromatic carbocycles. The van der Waals surface area contributed by atoms with Crippen molar-refractivity contribution in [3.05, 3.63) is 5.82 Å². The van der Waals surface area contributed by atoms with E-state index in [-0.39, 0.29) is 0 Å². The van der Waals surface area contributed by atoms with Crippen LogP contribution in [0.3, 0.4) is 0 Å². The minimum atomic E-state index is 0.702. The molecule has 14 heavy (non-hydrogen) atoms. The molecule has 1 N–H and O–H groups in total. The van der Waals surface area contributed by atoms with Gasteiger partial charge in [-0.3, -0.25) is 0 Å². The first-order valence-electron chi connectivity index (χ1n) is 5.32. The van der Waals surface area contributed by atoms with Gasteiger partial charge in [-0.15, -0.1) is 0 Å². The number of hydrogen-bond acceptors (Lipinski definition) is 4. The summed E-state index contributed by atoms with van der Waals surface area (Å²) in [5, 5.41) is 4.29. The van der Waals surface area contributed by atoms with Crippen molar-refractivity contribution < 1.29 is 0 Å². The van der Waals surface area contributed by atoms with Crippen LogP contribution in [0.5, 0.6) is 0 Å². The fraction of sp³-hybridized carbons (Fsp3) is 0.800. The highest BCUT2D eigenvalue weighted by Crippen LogP contribution is 2.13. The molecule has 1 aromatic heterocycles. The lowest BCUT2D eigenvalue weighted by Gasteiger charge is -2.07. The van der Waals surface area contributed by atoms with E-state index in [1.165, 1.54) is 18.0 Å². The lowest BCUT2D eigenvalue weighted by molar-refractivity contribution is 0.593. The molecule has 0 saturated heterocycles. The number of aromatic nitrogens is 2. The minimum absolute atomic E-state index is 0.702. The van der Waals surface area contributed by atoms with Gasteiger partial charge < -0.3 is 5.32 Å². The van der Waals surface area contributed by atoms with Crippen molar-refractivity contribution in [2.45, 2.75) is 40.0 Å². The predicted molar refractivity (Wildman–Crippen MR) is 61.8 cm³/mol. The number of nitrogens with zero attached hydrogens (tertiary/aromatic N) is 2. The Morgan fingerprint density at radius 2 is 2.21 bits per heavy atom. The van der Waals surface area contributed by atoms with E-state index in [0.717, 1.165) is 30.3 Å². The van der Waals surface area contributed by atoms with Crippen molar-refractivity contribution in [1.82, 2.24) is 9.36 Å². The predicted octanol–water partition coefficient (Wildman–Crippen LogP) is 2.95. The molecule has 0 radical (unpaired) electrons. The normalized spacial score (nSPS) is 12.8. The maximum atomic E-state index is 4.40. The molecule has 0 aliphatic carbocycles. The lowest BCUT2D eigenvalue weighted by atomic mass is 10.1. The zero-order chi connectivity index (χ0) is 10.4. The Kier molecular flexibility index (Phi) is 4.87. The maximum Gasteiger partial charge on any atom is 0.202 e. The summed E-state index contributed by atoms with van der Waals surface area (Å²) >= 11 is 1.47. The zero-order valence-corrected chi connectivity index (χ0v) is 10.0. The Hall–Kier alpha value is -0.640. The van der Waals surface area contributed by atoms with Gasteiger partial charge in [-0.05, 0) is 12.3 Å². The van der Waals surface area contributed by atoms with E-state index in [0.29, 0.717) is 5.92 Å². The SMILES string of the molecule is CCCc1nsc(NCC(C)CC)n1. The van der Waals surface area contributed by atoms with Gasteiger partial charge in [-0.1, -0.05) is 27.2 Å². The molecule has 1 heterocycles. The van der Waals surface area contributed by atoms with E-state index < -0.39 is 0 Å². The van der Waals surface area contributed by atoms with E-state index in [4.69, 9.17) is 0 Å². The van der Waals surface area contributed by atoms with Crippen LogP contribution >= 0.6 is 11.5 Å². The van der Waals surface area contributed by atoms with Crippen molar-refractivity contribution in [3.63, 3.8) is 0 Å². The molecule has 0 spiro atoms. The number of hydrogen-bond donors (Lipinski definition) is 1. The third-order valence-electron chi connectivity index (χ3n) is 2.24. The summed E-state index contributed by atoms with van der Waals surface area (Å²) < 4.78 is 4.28. The van der Waals surface area contributed by atoms with Crippen LogP contribution in [0.4, 0.5) is 5.13 Å². The molecule has 0 aliphatic rings. The van der Waals surface area contributed by atoms with Crippen molar-refractivity contribution in [2.24, 2.45) is 5.92 Å². The molecule has 1 aromatic rings. The van der Waals surface area contributed by atoms with E-state index in [1.54, 1.807) is 0 Å². The molecule has 1 atom stereocenters. The standard InChI is InChI=1S/C10H19N3S/c1-4-6-9-12-10(14-13-9)11-7-8(3)5-2/h8H,4-7H2,1-3H3,(H,11,12,13). The largest absolute Gasteiger partial charge is 0.360 e. The van der Waals surface area contributed by atoms with E-state index in [2.05, 4.69) is 35.4 Å². The molecular weight excluding hydrogens is 194 g/mol. The number of aryl methyl sites for hydroxylation is 1. The summed E-state index contributed by atoms with van der Waals surface area (Å²) in [5.74, 6) is 1.68. The number of rotatable bonds is 6. The fourth-order valence-electron chi connectivity index (χ4n) is 1.06. The summed E-state index contributed by atoms with van der Waals surface area (Å²) in [7, 11) is 0. The highest BCUT2D eigenvalue weighted by molar-refractivity contribution is 7.09. The van der Waals surface area contributed by atoms with E-state index in [1.807, 2.05) is 0 Å². The average Bonchev–Trinajstić information content (AvgIpc) is 2.63. The van der Waals surface area contributed by atoms with Crippen LogP contribution in [0.2, 0.25) is 0 Å². The smallest absolute Gasteiger partial charge is 0.202 e. The average molecular weight is 213 g/mol. The van der Waals surface area contributed by atoms with Crippen molar-refractivity contribution in [3.8, 4) is 0 Å². The fourth-order valence-corrected chi connectivity index (χ4v) is 1.67. The van der Waals surface area contributed by atoms with Crippen molar-refractivity contribution in [2.75, 3.05) is 11.9 Å². The first kappa shape index (κ1) is 11.4. The molecule has 0 saturated carbocycles. The molecule has 1 unspecified atom stereocenters. The van der Waals surface area contributed by atoms with E-state index >= 15 is 0 Å². The van der Waals surface area contributed by atoms with Crippen LogP contribution in [0.25, 0.3) is 0 Å². The first-order valence-corrected chi connectivity index (χ1v) is 6.10. The number of anilines is 1. The Balaban J connectivity index is 2.35. The van der Waals surface area contributed by atoms with Gasteiger partial charge in [0, 0.05) is 24.5 Å². The van der Waals surface area contributed by atoms with Crippen LogP contribution in [0.1, 0.15) is 39.4 Å². The third kappa shape index (κ3) is 3.62. The second-order valence-electron chi connectivity index (χ2n) is 3.66. The van der Waals surface area contributed by atoms with Crippen LogP contribution in [0, 0.1) is 5.92 Å². The van der Waals surface area contributed by atoms with Gasteiger partial charge in [-0.2, -0.15) is 4.37 Å². The number of nitrogens with one attached hydrogen (secondary N) is 1. The van der Waals surface area contributed by atoms with Crippen molar-refractivity contribution in [1.29, 1.82) is 0 Å². The van der Waals surface area contributed by atoms with E-state index in [9.17, 15) is 0 Å². The van der Waals surface area contributed by atoms with Crippen LogP contribution in [-0.2, 0) is 6.42 Å². The van der Waals surface area contributed by atoms with Gasteiger partial charge in [0.25, 0.3) is 0 Å². The molecule has 0 aliphatic heterocycles. The molecule has 1 rings (SSSR count). The van der Waals surface area contributed by atoms with Crippen LogP contribution in [0.15, 0.2) is 0 Å². The molecule has 0 amide bonds. The summed E-state index contributed by atoms with van der Waals surface area (Å²) in [6, 6.07) is 0. The summed E-state index contributed by atoms with van der Waals surface area (Å²) in [4.78, 5) is 4.40. The summed E-state index contributed by atoms with van der Waals surface area (Å²) in [6.07, 6.45) is 3.30. The van der Waals surface area contributed by atoms with Crippen LogP contribution in [-0.4, -0.2) is 15.9 Å². The Morgan fingerprint density at radius 1 is 1.43 bits per heavy atom. The molecule has 0 fully saturated rings. The van der Waals surface area contributed by atoms with Crippen molar-refractivity contribution >= 4 is 16.7 Å². The highest BCUT2D eigenvalue weighted by Gasteiger charge is 2.03. The first-order chi connectivity index (χ1) is 6.76. The summed E-state index contributed by atoms with van der Waals surface area (Å²) in [5.41, 5.74) is 0. The Morgan fingerprint density at radius 3 is 2.86 bits per heavy atom. The van der Waals surface area contributed by atoms with Gasteiger partial charge in [-0.25, -0.2) is 4.98 Å². The maximum absolute atomic E-state index is 4.40. The van der Waals surface area contributed by atoms with Gasteiger partial charge >= 0.3 is 0 Å². The quantitative estimate of drug-likeness (QED) is 0.789. The second-order valence-corrected chi connectivity index (χ2v) is 4.41. The molecule has 0 bridgehead atoms. The van der Waals surface area contributed by atoms with Gasteiger partial charge in [0.15, 0.2) is 0 Å². The molecular formula is C10H19N3S. The van der Waals surface area contributed by atoms with Gasteiger partial charge in [0.1, 0.15) is 5.82 Å². The molecule has 80 valence electrons. The topological polar surface area (TPSA) is 37.8 Å². The minimum Gasteiger partial charge on any atom is -0.360 e. The Labute approximate surface area is 90.1 Å². The monoisotopic (exact) mass is 213 g/mol. The molecule has 4 heteroatoms. The van der Waals surface area contributed by atoms with Crippen LogP contribution < -0.4 is 5.32 Å². The summed E-state index contributed by atoms with van der Waals surface area (Å²) in [6.45, 7) is 7.58. The molecule has 3 nitrogen and oxygen atoms in total. The second kappa shape index (κ2) is 5.96. The highest BCUT2D eigenvalue weighted by atomic mass is 32.1.